The summed E-state index contributed by atoms with van der Waals surface area (Å²) in [5.41, 5.74) is 2.59. The second kappa shape index (κ2) is 13.8. The number of halogens is 1. The number of anilines is 1. The van der Waals surface area contributed by atoms with Crippen LogP contribution in [-0.4, -0.2) is 79.6 Å². The Hall–Kier alpha value is -1.91. The number of piperidine rings is 1. The van der Waals surface area contributed by atoms with Crippen LogP contribution in [0.3, 0.4) is 0 Å². The van der Waals surface area contributed by atoms with Gasteiger partial charge in [0.05, 0.1) is 6.54 Å². The maximum absolute atomic E-state index is 4.94. The fourth-order valence-electron chi connectivity index (χ4n) is 4.61. The van der Waals surface area contributed by atoms with E-state index in [0.717, 1.165) is 77.0 Å². The Morgan fingerprint density at radius 1 is 1.00 bits per heavy atom. The van der Waals surface area contributed by atoms with E-state index in [9.17, 15) is 0 Å². The fourth-order valence-corrected chi connectivity index (χ4v) is 4.61. The van der Waals surface area contributed by atoms with Gasteiger partial charge in [0.1, 0.15) is 5.82 Å². The molecule has 0 spiro atoms. The Bertz CT molecular complexity index is 876. The third kappa shape index (κ3) is 7.81. The normalized spacial score (nSPS) is 18.4. The van der Waals surface area contributed by atoms with Gasteiger partial charge in [0.25, 0.3) is 0 Å². The molecule has 0 unspecified atom stereocenters. The summed E-state index contributed by atoms with van der Waals surface area (Å²) in [6, 6.07) is 15.4. The van der Waals surface area contributed by atoms with E-state index in [-0.39, 0.29) is 24.0 Å². The first kappa shape index (κ1) is 26.7. The first-order chi connectivity index (χ1) is 16.2. The predicted molar refractivity (Wildman–Crippen MR) is 152 cm³/mol. The largest absolute Gasteiger partial charge is 0.357 e. The molecule has 8 heteroatoms. The van der Waals surface area contributed by atoms with Crippen molar-refractivity contribution in [3.8, 4) is 0 Å². The average molecular weight is 578 g/mol. The molecule has 2 aliphatic heterocycles. The molecule has 1 aromatic heterocycles. The molecule has 0 amide bonds. The van der Waals surface area contributed by atoms with E-state index in [1.807, 2.05) is 12.3 Å². The van der Waals surface area contributed by atoms with Crippen LogP contribution < -0.4 is 15.5 Å². The Balaban J connectivity index is 0.00000324. The predicted octanol–water partition coefficient (Wildman–Crippen LogP) is 3.17. The molecule has 7 nitrogen and oxygen atoms in total. The van der Waals surface area contributed by atoms with Crippen LogP contribution in [0.1, 0.15) is 30.9 Å². The summed E-state index contributed by atoms with van der Waals surface area (Å²) in [5, 5.41) is 7.13. The molecule has 3 heterocycles. The topological polar surface area (TPSA) is 59.0 Å². The number of nitrogens with one attached hydrogen (secondary N) is 2. The van der Waals surface area contributed by atoms with Crippen molar-refractivity contribution in [2.24, 2.45) is 4.99 Å². The lowest BCUT2D eigenvalue weighted by Gasteiger charge is -2.34. The van der Waals surface area contributed by atoms with Crippen molar-refractivity contribution in [3.63, 3.8) is 0 Å². The van der Waals surface area contributed by atoms with Crippen molar-refractivity contribution in [2.75, 3.05) is 57.8 Å². The summed E-state index contributed by atoms with van der Waals surface area (Å²) in [7, 11) is 2.18. The van der Waals surface area contributed by atoms with E-state index in [4.69, 9.17) is 9.98 Å². The number of pyridine rings is 1. The SMILES string of the molecule is CCNC(=NCc1cccnc1N1CCN(C)CC1)NC1CCN(Cc2ccccc2)CC1.I. The van der Waals surface area contributed by atoms with Crippen LogP contribution in [0, 0.1) is 0 Å². The third-order valence-corrected chi connectivity index (χ3v) is 6.60. The first-order valence-corrected chi connectivity index (χ1v) is 12.4. The second-order valence-electron chi connectivity index (χ2n) is 9.15. The minimum absolute atomic E-state index is 0. The Morgan fingerprint density at radius 2 is 1.74 bits per heavy atom. The van der Waals surface area contributed by atoms with E-state index in [1.165, 1.54) is 11.1 Å². The number of benzene rings is 1. The molecule has 34 heavy (non-hydrogen) atoms. The summed E-state index contributed by atoms with van der Waals surface area (Å²) >= 11 is 0. The number of guanidine groups is 1. The van der Waals surface area contributed by atoms with Gasteiger partial charge in [0.15, 0.2) is 5.96 Å². The molecule has 2 N–H and O–H groups in total. The second-order valence-corrected chi connectivity index (χ2v) is 9.15. The molecule has 4 rings (SSSR count). The highest BCUT2D eigenvalue weighted by Gasteiger charge is 2.21. The van der Waals surface area contributed by atoms with Crippen LogP contribution in [0.15, 0.2) is 53.7 Å². The summed E-state index contributed by atoms with van der Waals surface area (Å²) < 4.78 is 0. The van der Waals surface area contributed by atoms with Gasteiger partial charge in [-0.2, -0.15) is 0 Å². The summed E-state index contributed by atoms with van der Waals surface area (Å²) in [5.74, 6) is 1.99. The van der Waals surface area contributed by atoms with E-state index in [1.54, 1.807) is 0 Å². The molecule has 0 aliphatic carbocycles. The van der Waals surface area contributed by atoms with Gasteiger partial charge >= 0.3 is 0 Å². The van der Waals surface area contributed by atoms with Crippen LogP contribution in [0.25, 0.3) is 0 Å². The maximum Gasteiger partial charge on any atom is 0.191 e. The van der Waals surface area contributed by atoms with Crippen molar-refractivity contribution < 1.29 is 0 Å². The lowest BCUT2D eigenvalue weighted by molar-refractivity contribution is 0.198. The van der Waals surface area contributed by atoms with Crippen LogP contribution in [0.2, 0.25) is 0 Å². The molecule has 2 fully saturated rings. The number of rotatable bonds is 7. The van der Waals surface area contributed by atoms with Crippen LogP contribution in [-0.2, 0) is 13.1 Å². The molecule has 0 atom stereocenters. The van der Waals surface area contributed by atoms with E-state index in [0.29, 0.717) is 12.6 Å². The van der Waals surface area contributed by atoms with Crippen molar-refractivity contribution in [1.82, 2.24) is 25.4 Å². The summed E-state index contributed by atoms with van der Waals surface area (Å²) in [6.45, 7) is 11.1. The van der Waals surface area contributed by atoms with Crippen LogP contribution in [0.4, 0.5) is 5.82 Å². The van der Waals surface area contributed by atoms with Crippen molar-refractivity contribution in [2.45, 2.75) is 38.9 Å². The van der Waals surface area contributed by atoms with Gasteiger partial charge in [0, 0.05) is 70.2 Å². The molecule has 2 aliphatic rings. The van der Waals surface area contributed by atoms with E-state index < -0.39 is 0 Å². The monoisotopic (exact) mass is 577 g/mol. The van der Waals surface area contributed by atoms with Gasteiger partial charge in [-0.1, -0.05) is 36.4 Å². The number of hydrogen-bond donors (Lipinski definition) is 2. The number of likely N-dealkylation sites (tertiary alicyclic amines) is 1. The third-order valence-electron chi connectivity index (χ3n) is 6.60. The highest BCUT2D eigenvalue weighted by Crippen LogP contribution is 2.20. The molecule has 0 radical (unpaired) electrons. The Labute approximate surface area is 222 Å². The Morgan fingerprint density at radius 3 is 2.44 bits per heavy atom. The number of likely N-dealkylation sites (N-methyl/N-ethyl adjacent to an activating group) is 1. The summed E-state index contributed by atoms with van der Waals surface area (Å²) in [6.07, 6.45) is 4.17. The zero-order valence-corrected chi connectivity index (χ0v) is 22.9. The fraction of sp³-hybridized carbons (Fsp3) is 0.538. The molecule has 2 saturated heterocycles. The molecule has 2 aromatic rings. The number of nitrogens with zero attached hydrogens (tertiary/aromatic N) is 5. The molecular weight excluding hydrogens is 537 g/mol. The first-order valence-electron chi connectivity index (χ1n) is 12.4. The van der Waals surface area contributed by atoms with Gasteiger partial charge in [-0.3, -0.25) is 4.90 Å². The lowest BCUT2D eigenvalue weighted by atomic mass is 10.0. The molecule has 0 saturated carbocycles. The molecular formula is C26H40IN7. The van der Waals surface area contributed by atoms with Gasteiger partial charge in [0.2, 0.25) is 0 Å². The van der Waals surface area contributed by atoms with Gasteiger partial charge < -0.3 is 20.4 Å². The van der Waals surface area contributed by atoms with Crippen LogP contribution >= 0.6 is 24.0 Å². The molecule has 0 bridgehead atoms. The number of piperazine rings is 1. The summed E-state index contributed by atoms with van der Waals surface area (Å²) in [4.78, 5) is 17.0. The molecule has 1 aromatic carbocycles. The van der Waals surface area contributed by atoms with E-state index in [2.05, 4.69) is 75.7 Å². The minimum Gasteiger partial charge on any atom is -0.357 e. The van der Waals surface area contributed by atoms with Crippen LogP contribution in [0.5, 0.6) is 0 Å². The zero-order chi connectivity index (χ0) is 22.9. The zero-order valence-electron chi connectivity index (χ0n) is 20.6. The quantitative estimate of drug-likeness (QED) is 0.300. The maximum atomic E-state index is 4.94. The smallest absolute Gasteiger partial charge is 0.191 e. The number of hydrogen-bond acceptors (Lipinski definition) is 5. The Kier molecular flexibility index (Phi) is 10.9. The average Bonchev–Trinajstić information content (AvgIpc) is 2.85. The van der Waals surface area contributed by atoms with Gasteiger partial charge in [-0.15, -0.1) is 24.0 Å². The minimum atomic E-state index is 0. The lowest BCUT2D eigenvalue weighted by Crippen LogP contribution is -2.48. The highest BCUT2D eigenvalue weighted by atomic mass is 127. The van der Waals surface area contributed by atoms with Gasteiger partial charge in [-0.25, -0.2) is 9.98 Å². The van der Waals surface area contributed by atoms with E-state index >= 15 is 0 Å². The highest BCUT2D eigenvalue weighted by molar-refractivity contribution is 14.0. The van der Waals surface area contributed by atoms with Crippen molar-refractivity contribution in [1.29, 1.82) is 0 Å². The molecule has 186 valence electrons. The number of aromatic nitrogens is 1. The standard InChI is InChI=1S/C26H39N7.HI/c1-3-27-26(30-24-11-14-32(15-12-24)21-22-8-5-4-6-9-22)29-20-23-10-7-13-28-25(23)33-18-16-31(2)17-19-33;/h4-10,13,24H,3,11-12,14-21H2,1-2H3,(H2,27,29,30);1H. The van der Waals surface area contributed by atoms with Crippen molar-refractivity contribution in [3.05, 3.63) is 59.8 Å². The van der Waals surface area contributed by atoms with Gasteiger partial charge in [-0.05, 0) is 38.4 Å². The number of aliphatic imine (C=N–C) groups is 1. The van der Waals surface area contributed by atoms with Crippen molar-refractivity contribution >= 4 is 35.8 Å².